The van der Waals surface area contributed by atoms with Crippen LogP contribution in [0, 0.1) is 0 Å². The quantitative estimate of drug-likeness (QED) is 0.784. The summed E-state index contributed by atoms with van der Waals surface area (Å²) in [6.07, 6.45) is 4.84. The van der Waals surface area contributed by atoms with E-state index in [4.69, 9.17) is 11.6 Å². The van der Waals surface area contributed by atoms with Gasteiger partial charge in [0.15, 0.2) is 0 Å². The first kappa shape index (κ1) is 11.2. The first-order valence-electron chi connectivity index (χ1n) is 5.51. The second-order valence-electron chi connectivity index (χ2n) is 3.95. The summed E-state index contributed by atoms with van der Waals surface area (Å²) in [4.78, 5) is 4.33. The van der Waals surface area contributed by atoms with Crippen LogP contribution in [0.2, 0.25) is 5.02 Å². The van der Waals surface area contributed by atoms with E-state index in [1.54, 1.807) is 6.20 Å². The number of aromatic nitrogens is 2. The lowest BCUT2D eigenvalue weighted by Gasteiger charge is -2.13. The van der Waals surface area contributed by atoms with Crippen LogP contribution >= 0.6 is 11.6 Å². The Kier molecular flexibility index (Phi) is 3.30. The molecule has 0 N–H and O–H groups in total. The van der Waals surface area contributed by atoms with Crippen molar-refractivity contribution in [3.8, 4) is 5.82 Å². The summed E-state index contributed by atoms with van der Waals surface area (Å²) in [7, 11) is 0. The van der Waals surface area contributed by atoms with Crippen LogP contribution in [0.15, 0.2) is 36.7 Å². The highest BCUT2D eigenvalue weighted by Gasteiger charge is 2.09. The molecule has 1 unspecified atom stereocenters. The Labute approximate surface area is 101 Å². The predicted molar refractivity (Wildman–Crippen MR) is 67.3 cm³/mol. The van der Waals surface area contributed by atoms with E-state index in [9.17, 15) is 0 Å². The molecule has 2 aromatic rings. The van der Waals surface area contributed by atoms with Crippen LogP contribution in [0.5, 0.6) is 0 Å². The lowest BCUT2D eigenvalue weighted by Crippen LogP contribution is -2.03. The van der Waals surface area contributed by atoms with Crippen LogP contribution in [0.25, 0.3) is 5.82 Å². The average Bonchev–Trinajstić information content (AvgIpc) is 2.78. The zero-order valence-electron chi connectivity index (χ0n) is 9.52. The molecule has 0 spiro atoms. The van der Waals surface area contributed by atoms with E-state index >= 15 is 0 Å². The van der Waals surface area contributed by atoms with Gasteiger partial charge >= 0.3 is 0 Å². The normalized spacial score (nSPS) is 12.7. The zero-order chi connectivity index (χ0) is 11.5. The first-order valence-corrected chi connectivity index (χ1v) is 5.89. The van der Waals surface area contributed by atoms with Crippen LogP contribution in [0.4, 0.5) is 0 Å². The topological polar surface area (TPSA) is 17.8 Å². The van der Waals surface area contributed by atoms with Crippen molar-refractivity contribution in [2.45, 2.75) is 26.2 Å². The van der Waals surface area contributed by atoms with E-state index < -0.39 is 0 Å². The number of nitrogens with zero attached hydrogens (tertiary/aromatic N) is 2. The van der Waals surface area contributed by atoms with Crippen molar-refractivity contribution in [3.63, 3.8) is 0 Å². The first-order chi connectivity index (χ1) is 7.72. The number of halogens is 1. The van der Waals surface area contributed by atoms with Crippen molar-refractivity contribution in [2.75, 3.05) is 0 Å². The minimum absolute atomic E-state index is 0.535. The van der Waals surface area contributed by atoms with Gasteiger partial charge in [0.25, 0.3) is 0 Å². The molecule has 0 radical (unpaired) electrons. The Hall–Kier alpha value is -1.28. The number of hydrogen-bond donors (Lipinski definition) is 0. The molecular formula is C13H15ClN2. The predicted octanol–water partition coefficient (Wildman–Crippen LogP) is 4.04. The standard InChI is InChI=1S/C13H15ClN2/c1-3-10(2)12-5-4-8-16(12)13-7-6-11(14)9-15-13/h4-10H,3H2,1-2H3. The largest absolute Gasteiger partial charge is 0.305 e. The molecule has 0 aliphatic carbocycles. The summed E-state index contributed by atoms with van der Waals surface area (Å²) in [6.45, 7) is 4.42. The Morgan fingerprint density at radius 2 is 2.19 bits per heavy atom. The highest BCUT2D eigenvalue weighted by Crippen LogP contribution is 2.22. The summed E-state index contributed by atoms with van der Waals surface area (Å²) in [6, 6.07) is 8.00. The second kappa shape index (κ2) is 4.71. The van der Waals surface area contributed by atoms with Gasteiger partial charge in [-0.25, -0.2) is 4.98 Å². The molecule has 16 heavy (non-hydrogen) atoms. The maximum absolute atomic E-state index is 5.83. The summed E-state index contributed by atoms with van der Waals surface area (Å²) in [5.74, 6) is 1.46. The summed E-state index contributed by atoms with van der Waals surface area (Å²) in [5.41, 5.74) is 1.29. The Bertz CT molecular complexity index is 459. The van der Waals surface area contributed by atoms with Crippen LogP contribution < -0.4 is 0 Å². The number of hydrogen-bond acceptors (Lipinski definition) is 1. The minimum Gasteiger partial charge on any atom is -0.305 e. The number of pyridine rings is 1. The van der Waals surface area contributed by atoms with E-state index in [0.29, 0.717) is 10.9 Å². The van der Waals surface area contributed by atoms with Gasteiger partial charge in [-0.3, -0.25) is 0 Å². The van der Waals surface area contributed by atoms with Gasteiger partial charge in [-0.15, -0.1) is 0 Å². The fourth-order valence-electron chi connectivity index (χ4n) is 1.72. The third-order valence-electron chi connectivity index (χ3n) is 2.86. The Morgan fingerprint density at radius 3 is 2.81 bits per heavy atom. The molecule has 0 aromatic carbocycles. The summed E-state index contributed by atoms with van der Waals surface area (Å²) >= 11 is 5.83. The van der Waals surface area contributed by atoms with E-state index in [0.717, 1.165) is 12.2 Å². The van der Waals surface area contributed by atoms with Crippen LogP contribution in [-0.4, -0.2) is 9.55 Å². The molecule has 84 valence electrons. The van der Waals surface area contributed by atoms with Gasteiger partial charge in [0.1, 0.15) is 5.82 Å². The molecule has 0 aliphatic heterocycles. The van der Waals surface area contributed by atoms with E-state index in [-0.39, 0.29) is 0 Å². The van der Waals surface area contributed by atoms with Gasteiger partial charge in [-0.2, -0.15) is 0 Å². The van der Waals surface area contributed by atoms with Gasteiger partial charge in [0.05, 0.1) is 5.02 Å². The van der Waals surface area contributed by atoms with Gasteiger partial charge in [0.2, 0.25) is 0 Å². The third kappa shape index (κ3) is 2.12. The fraction of sp³-hybridized carbons (Fsp3) is 0.308. The lowest BCUT2D eigenvalue weighted by atomic mass is 10.1. The minimum atomic E-state index is 0.535. The zero-order valence-corrected chi connectivity index (χ0v) is 10.3. The van der Waals surface area contributed by atoms with Crippen LogP contribution in [0.3, 0.4) is 0 Å². The maximum atomic E-state index is 5.83. The molecule has 2 nitrogen and oxygen atoms in total. The summed E-state index contributed by atoms with van der Waals surface area (Å²) < 4.78 is 2.12. The fourth-order valence-corrected chi connectivity index (χ4v) is 1.84. The van der Waals surface area contributed by atoms with Crippen molar-refractivity contribution in [1.82, 2.24) is 9.55 Å². The molecule has 0 fully saturated rings. The number of rotatable bonds is 3. The van der Waals surface area contributed by atoms with Crippen molar-refractivity contribution >= 4 is 11.6 Å². The van der Waals surface area contributed by atoms with Crippen molar-refractivity contribution in [1.29, 1.82) is 0 Å². The lowest BCUT2D eigenvalue weighted by molar-refractivity contribution is 0.686. The smallest absolute Gasteiger partial charge is 0.136 e. The van der Waals surface area contributed by atoms with Crippen molar-refractivity contribution in [3.05, 3.63) is 47.4 Å². The highest BCUT2D eigenvalue weighted by atomic mass is 35.5. The molecule has 0 saturated carbocycles. The molecule has 2 rings (SSSR count). The average molecular weight is 235 g/mol. The Morgan fingerprint density at radius 1 is 1.38 bits per heavy atom. The third-order valence-corrected chi connectivity index (χ3v) is 3.08. The second-order valence-corrected chi connectivity index (χ2v) is 4.38. The van der Waals surface area contributed by atoms with Gasteiger partial charge in [-0.1, -0.05) is 25.4 Å². The maximum Gasteiger partial charge on any atom is 0.136 e. The molecule has 0 bridgehead atoms. The van der Waals surface area contributed by atoms with E-state index in [2.05, 4.69) is 35.5 Å². The molecular weight excluding hydrogens is 220 g/mol. The van der Waals surface area contributed by atoms with E-state index in [1.165, 1.54) is 5.69 Å². The van der Waals surface area contributed by atoms with Crippen LogP contribution in [-0.2, 0) is 0 Å². The molecule has 0 amide bonds. The van der Waals surface area contributed by atoms with Crippen LogP contribution in [0.1, 0.15) is 31.9 Å². The molecule has 0 aliphatic rings. The molecule has 0 saturated heterocycles. The Balaban J connectivity index is 2.40. The van der Waals surface area contributed by atoms with Gasteiger partial charge in [0, 0.05) is 18.1 Å². The molecule has 2 heterocycles. The molecule has 2 aromatic heterocycles. The monoisotopic (exact) mass is 234 g/mol. The molecule has 1 atom stereocenters. The molecule has 3 heteroatoms. The van der Waals surface area contributed by atoms with Crippen molar-refractivity contribution in [2.24, 2.45) is 0 Å². The SMILES string of the molecule is CCC(C)c1cccn1-c1ccc(Cl)cn1. The highest BCUT2D eigenvalue weighted by molar-refractivity contribution is 6.30. The van der Waals surface area contributed by atoms with Gasteiger partial charge in [-0.05, 0) is 36.6 Å². The van der Waals surface area contributed by atoms with Gasteiger partial charge < -0.3 is 4.57 Å². The van der Waals surface area contributed by atoms with Crippen molar-refractivity contribution < 1.29 is 0 Å². The summed E-state index contributed by atoms with van der Waals surface area (Å²) in [5, 5.41) is 0.668. The van der Waals surface area contributed by atoms with E-state index in [1.807, 2.05) is 18.3 Å².